The van der Waals surface area contributed by atoms with Crippen molar-refractivity contribution in [3.05, 3.63) is 52.6 Å². The molecule has 2 rings (SSSR count). The van der Waals surface area contributed by atoms with Gasteiger partial charge >= 0.3 is 0 Å². The Morgan fingerprint density at radius 2 is 1.86 bits per heavy atom. The zero-order valence-electron chi connectivity index (χ0n) is 16.7. The molecule has 5 N–H and O–H groups in total. The number of hydrogen-bond donors (Lipinski definition) is 4. The van der Waals surface area contributed by atoms with E-state index in [1.807, 2.05) is 42.7 Å². The summed E-state index contributed by atoms with van der Waals surface area (Å²) in [6.45, 7) is 6.40. The number of aromatic nitrogens is 2. The molecule has 0 radical (unpaired) electrons. The molecule has 0 saturated heterocycles. The molecule has 8 heteroatoms. The van der Waals surface area contributed by atoms with E-state index in [-0.39, 0.29) is 30.1 Å². The van der Waals surface area contributed by atoms with Crippen molar-refractivity contribution in [2.75, 3.05) is 0 Å². The summed E-state index contributed by atoms with van der Waals surface area (Å²) in [6, 6.07) is 7.61. The third-order valence-electron chi connectivity index (χ3n) is 4.22. The van der Waals surface area contributed by atoms with Crippen molar-refractivity contribution in [3.8, 4) is 0 Å². The first-order chi connectivity index (χ1) is 13.4. The van der Waals surface area contributed by atoms with E-state index < -0.39 is 0 Å². The fourth-order valence-electron chi connectivity index (χ4n) is 2.90. The van der Waals surface area contributed by atoms with Gasteiger partial charge in [-0.2, -0.15) is 0 Å². The molecule has 28 heavy (non-hydrogen) atoms. The Morgan fingerprint density at radius 1 is 1.21 bits per heavy atom. The summed E-state index contributed by atoms with van der Waals surface area (Å²) in [5.74, 6) is 0.557. The lowest BCUT2D eigenvalue weighted by Crippen LogP contribution is -2.22. The Kier molecular flexibility index (Phi) is 7.71. The van der Waals surface area contributed by atoms with Gasteiger partial charge in [-0.15, -0.1) is 0 Å². The van der Waals surface area contributed by atoms with Crippen molar-refractivity contribution >= 4 is 11.7 Å². The average molecular weight is 387 g/mol. The molecule has 0 atom stereocenters. The molecule has 152 valence electrons. The number of nitrogen functional groups attached to an aromatic ring is 1. The van der Waals surface area contributed by atoms with Crippen LogP contribution in [0.25, 0.3) is 0 Å². The van der Waals surface area contributed by atoms with Crippen molar-refractivity contribution in [3.63, 3.8) is 0 Å². The SMILES string of the molecule is CCCCc1nc(C(=N)N)c(C(=N)OC(C)C)n1Cc1ccc(COO)cc1. The Balaban J connectivity index is 2.47. The van der Waals surface area contributed by atoms with Crippen LogP contribution in [-0.2, 0) is 29.2 Å². The Labute approximate surface area is 165 Å². The summed E-state index contributed by atoms with van der Waals surface area (Å²) in [4.78, 5) is 8.73. The van der Waals surface area contributed by atoms with E-state index in [1.54, 1.807) is 0 Å². The monoisotopic (exact) mass is 387 g/mol. The molecule has 0 spiro atoms. The number of nitrogens with zero attached hydrogens (tertiary/aromatic N) is 2. The molecule has 0 unspecified atom stereocenters. The zero-order valence-corrected chi connectivity index (χ0v) is 16.7. The Hall–Kier alpha value is -2.71. The van der Waals surface area contributed by atoms with Gasteiger partial charge in [0.05, 0.1) is 6.10 Å². The van der Waals surface area contributed by atoms with Gasteiger partial charge in [-0.25, -0.2) is 9.87 Å². The summed E-state index contributed by atoms with van der Waals surface area (Å²) >= 11 is 0. The van der Waals surface area contributed by atoms with E-state index in [2.05, 4.69) is 16.8 Å². The van der Waals surface area contributed by atoms with Gasteiger partial charge in [0.25, 0.3) is 0 Å². The number of amidine groups is 1. The highest BCUT2D eigenvalue weighted by atomic mass is 17.1. The standard InChI is InChI=1S/C20H29N5O3/c1-4-5-6-16-24-17(19(21)22)18(20(23)28-13(2)3)25(16)11-14-7-9-15(10-8-14)12-27-26/h7-10,13,23,26H,4-6,11-12H2,1-3H3,(H3,21,22). The van der Waals surface area contributed by atoms with Crippen LogP contribution in [0, 0.1) is 10.8 Å². The van der Waals surface area contributed by atoms with E-state index in [4.69, 9.17) is 26.5 Å². The number of nitrogens with two attached hydrogens (primary N) is 1. The summed E-state index contributed by atoms with van der Waals surface area (Å²) in [5.41, 5.74) is 8.31. The molecule has 1 aromatic carbocycles. The number of ether oxygens (including phenoxy) is 1. The van der Waals surface area contributed by atoms with Crippen LogP contribution < -0.4 is 5.73 Å². The van der Waals surface area contributed by atoms with Crippen molar-refractivity contribution in [2.45, 2.75) is 59.3 Å². The fraction of sp³-hybridized carbons (Fsp3) is 0.450. The molecule has 0 fully saturated rings. The lowest BCUT2D eigenvalue weighted by molar-refractivity contribution is -0.253. The van der Waals surface area contributed by atoms with Crippen LogP contribution in [0.5, 0.6) is 0 Å². The predicted octanol–water partition coefficient (Wildman–Crippen LogP) is 3.30. The molecule has 0 aliphatic carbocycles. The molecule has 1 aromatic heterocycles. The lowest BCUT2D eigenvalue weighted by atomic mass is 10.1. The summed E-state index contributed by atoms with van der Waals surface area (Å²) in [7, 11) is 0. The van der Waals surface area contributed by atoms with E-state index >= 15 is 0 Å². The van der Waals surface area contributed by atoms with E-state index in [9.17, 15) is 0 Å². The smallest absolute Gasteiger partial charge is 0.233 e. The molecule has 0 saturated carbocycles. The number of aryl methyl sites for hydroxylation is 1. The predicted molar refractivity (Wildman–Crippen MR) is 108 cm³/mol. The van der Waals surface area contributed by atoms with Crippen LogP contribution in [-0.4, -0.2) is 32.6 Å². The third kappa shape index (κ3) is 5.40. The molecule has 1 heterocycles. The summed E-state index contributed by atoms with van der Waals surface area (Å²) in [6.07, 6.45) is 2.50. The minimum absolute atomic E-state index is 0.0410. The van der Waals surface area contributed by atoms with Crippen LogP contribution in [0.4, 0.5) is 0 Å². The first-order valence-corrected chi connectivity index (χ1v) is 9.40. The summed E-state index contributed by atoms with van der Waals surface area (Å²) < 4.78 is 7.51. The van der Waals surface area contributed by atoms with Gasteiger partial charge in [0, 0.05) is 13.0 Å². The van der Waals surface area contributed by atoms with Crippen LogP contribution in [0.1, 0.15) is 62.0 Å². The van der Waals surface area contributed by atoms with Gasteiger partial charge in [0.2, 0.25) is 5.90 Å². The van der Waals surface area contributed by atoms with E-state index in [0.717, 1.165) is 36.2 Å². The molecule has 0 aliphatic heterocycles. The second kappa shape index (κ2) is 10.0. The zero-order chi connectivity index (χ0) is 20.7. The van der Waals surface area contributed by atoms with Gasteiger partial charge in [0.1, 0.15) is 29.7 Å². The van der Waals surface area contributed by atoms with Gasteiger partial charge in [-0.1, -0.05) is 37.6 Å². The van der Waals surface area contributed by atoms with Crippen molar-refractivity contribution in [1.29, 1.82) is 10.8 Å². The van der Waals surface area contributed by atoms with Crippen molar-refractivity contribution in [1.82, 2.24) is 9.55 Å². The van der Waals surface area contributed by atoms with Gasteiger partial charge < -0.3 is 15.0 Å². The molecule has 8 nitrogen and oxygen atoms in total. The number of hydrogen-bond acceptors (Lipinski definition) is 6. The molecule has 0 aliphatic rings. The average Bonchev–Trinajstić information content (AvgIpc) is 3.00. The lowest BCUT2D eigenvalue weighted by Gasteiger charge is -2.16. The first kappa shape index (κ1) is 21.6. The second-order valence-electron chi connectivity index (χ2n) is 6.91. The minimum Gasteiger partial charge on any atom is -0.474 e. The number of unbranched alkanes of at least 4 members (excludes halogenated alkanes) is 1. The normalized spacial score (nSPS) is 11.0. The van der Waals surface area contributed by atoms with Crippen molar-refractivity contribution < 1.29 is 14.9 Å². The number of nitrogens with one attached hydrogen (secondary N) is 2. The van der Waals surface area contributed by atoms with E-state index in [1.165, 1.54) is 0 Å². The maximum atomic E-state index is 8.59. The van der Waals surface area contributed by atoms with Gasteiger partial charge in [-0.3, -0.25) is 16.1 Å². The van der Waals surface area contributed by atoms with Crippen LogP contribution >= 0.6 is 0 Å². The molecular weight excluding hydrogens is 358 g/mol. The molecular formula is C20H29N5O3. The highest BCUT2D eigenvalue weighted by molar-refractivity contribution is 6.04. The topological polar surface area (TPSA) is 130 Å². The third-order valence-corrected chi connectivity index (χ3v) is 4.22. The minimum atomic E-state index is -0.181. The van der Waals surface area contributed by atoms with E-state index in [0.29, 0.717) is 12.2 Å². The molecule has 0 amide bonds. The highest BCUT2D eigenvalue weighted by Gasteiger charge is 2.24. The number of imidazole rings is 1. The summed E-state index contributed by atoms with van der Waals surface area (Å²) in [5, 5.41) is 24.9. The highest BCUT2D eigenvalue weighted by Crippen LogP contribution is 2.19. The van der Waals surface area contributed by atoms with Gasteiger partial charge in [-0.05, 0) is 31.4 Å². The maximum absolute atomic E-state index is 8.59. The quantitative estimate of drug-likeness (QED) is 0.215. The Bertz CT molecular complexity index is 812. The first-order valence-electron chi connectivity index (χ1n) is 9.40. The molecule has 0 bridgehead atoms. The van der Waals surface area contributed by atoms with Gasteiger partial charge in [0.15, 0.2) is 0 Å². The molecule has 2 aromatic rings. The number of rotatable bonds is 10. The van der Waals surface area contributed by atoms with Crippen LogP contribution in [0.2, 0.25) is 0 Å². The maximum Gasteiger partial charge on any atom is 0.233 e. The van der Waals surface area contributed by atoms with Crippen LogP contribution in [0.15, 0.2) is 24.3 Å². The Morgan fingerprint density at radius 3 is 2.39 bits per heavy atom. The fourth-order valence-corrected chi connectivity index (χ4v) is 2.90. The largest absolute Gasteiger partial charge is 0.474 e. The van der Waals surface area contributed by atoms with Crippen LogP contribution in [0.3, 0.4) is 0 Å². The number of benzene rings is 1. The second-order valence-corrected chi connectivity index (χ2v) is 6.91. The van der Waals surface area contributed by atoms with Crippen molar-refractivity contribution in [2.24, 2.45) is 5.73 Å².